The molecule has 0 aliphatic carbocycles. The topological polar surface area (TPSA) is 61.4 Å². The Kier molecular flexibility index (Phi) is 4.73. The van der Waals surface area contributed by atoms with Gasteiger partial charge in [-0.05, 0) is 24.1 Å². The molecule has 3 rings (SSSR count). The van der Waals surface area contributed by atoms with Crippen LogP contribution in [0.1, 0.15) is 5.56 Å². The zero-order valence-electron chi connectivity index (χ0n) is 12.0. The molecule has 116 valence electrons. The normalized spacial score (nSPS) is 19.2. The molecule has 0 amide bonds. The molecule has 0 radical (unpaired) electrons. The smallest absolute Gasteiger partial charge is 0.240 e. The number of hydrogen-bond acceptors (Lipinski definition) is 5. The van der Waals surface area contributed by atoms with E-state index in [-0.39, 0.29) is 0 Å². The summed E-state index contributed by atoms with van der Waals surface area (Å²) >= 11 is 1.96. The number of benzene rings is 1. The van der Waals surface area contributed by atoms with Crippen molar-refractivity contribution in [3.05, 3.63) is 23.8 Å². The van der Waals surface area contributed by atoms with E-state index in [1.165, 1.54) is 5.56 Å². The van der Waals surface area contributed by atoms with Gasteiger partial charge in [0.15, 0.2) is 0 Å². The van der Waals surface area contributed by atoms with E-state index < -0.39 is 10.0 Å². The summed E-state index contributed by atoms with van der Waals surface area (Å²) < 4.78 is 27.3. The van der Waals surface area contributed by atoms with E-state index in [9.17, 15) is 8.42 Å². The molecule has 2 aliphatic heterocycles. The lowest BCUT2D eigenvalue weighted by Crippen LogP contribution is -2.39. The second kappa shape index (κ2) is 6.56. The van der Waals surface area contributed by atoms with Crippen LogP contribution in [0.3, 0.4) is 0 Å². The number of fused-ring (bicyclic) bond motifs is 1. The summed E-state index contributed by atoms with van der Waals surface area (Å²) in [6.07, 6.45) is 0.968. The molecule has 21 heavy (non-hydrogen) atoms. The van der Waals surface area contributed by atoms with Crippen molar-refractivity contribution >= 4 is 27.5 Å². The molecular weight excluding hydrogens is 306 g/mol. The number of thioether (sulfide) groups is 1. The highest BCUT2D eigenvalue weighted by atomic mass is 32.2. The van der Waals surface area contributed by atoms with Gasteiger partial charge in [-0.15, -0.1) is 0 Å². The van der Waals surface area contributed by atoms with Gasteiger partial charge in [-0.3, -0.25) is 0 Å². The van der Waals surface area contributed by atoms with Gasteiger partial charge in [0.1, 0.15) is 0 Å². The minimum Gasteiger partial charge on any atom is -0.384 e. The van der Waals surface area contributed by atoms with Crippen molar-refractivity contribution in [2.45, 2.75) is 11.3 Å². The number of sulfonamides is 1. The van der Waals surface area contributed by atoms with Crippen molar-refractivity contribution in [3.63, 3.8) is 0 Å². The van der Waals surface area contributed by atoms with Crippen LogP contribution in [0.2, 0.25) is 0 Å². The molecule has 0 unspecified atom stereocenters. The number of hydrogen-bond donors (Lipinski definition) is 2. The Bertz CT molecular complexity index is 598. The summed E-state index contributed by atoms with van der Waals surface area (Å²) in [5, 5.41) is 3.22. The Labute approximate surface area is 130 Å². The molecular formula is C14H21N3O2S2. The first kappa shape index (κ1) is 15.1. The average molecular weight is 327 g/mol. The second-order valence-electron chi connectivity index (χ2n) is 5.35. The highest BCUT2D eigenvalue weighted by molar-refractivity contribution is 7.99. The molecule has 0 saturated carbocycles. The Morgan fingerprint density at radius 1 is 1.29 bits per heavy atom. The Hall–Kier alpha value is -0.760. The summed E-state index contributed by atoms with van der Waals surface area (Å²) in [4.78, 5) is 2.66. The monoisotopic (exact) mass is 327 g/mol. The molecule has 0 spiro atoms. The maximum atomic E-state index is 12.3. The summed E-state index contributed by atoms with van der Waals surface area (Å²) in [5.41, 5.74) is 2.14. The van der Waals surface area contributed by atoms with Gasteiger partial charge in [0, 0.05) is 49.9 Å². The maximum Gasteiger partial charge on any atom is 0.240 e. The Balaban J connectivity index is 1.58. The minimum absolute atomic E-state index is 0.352. The van der Waals surface area contributed by atoms with Gasteiger partial charge in [-0.2, -0.15) is 11.8 Å². The van der Waals surface area contributed by atoms with Crippen molar-refractivity contribution in [2.75, 3.05) is 49.5 Å². The average Bonchev–Trinajstić information content (AvgIpc) is 2.95. The zero-order chi connectivity index (χ0) is 14.7. The third-order valence-corrected chi connectivity index (χ3v) is 6.33. The van der Waals surface area contributed by atoms with Gasteiger partial charge in [0.25, 0.3) is 0 Å². The molecule has 0 atom stereocenters. The molecule has 1 aromatic carbocycles. The molecule has 5 nitrogen and oxygen atoms in total. The molecule has 0 bridgehead atoms. The molecule has 1 fully saturated rings. The molecule has 2 heterocycles. The third kappa shape index (κ3) is 3.71. The first-order valence-electron chi connectivity index (χ1n) is 7.32. The fourth-order valence-electron chi connectivity index (χ4n) is 2.68. The van der Waals surface area contributed by atoms with Gasteiger partial charge in [-0.25, -0.2) is 13.1 Å². The van der Waals surface area contributed by atoms with Crippen LogP contribution in [0.15, 0.2) is 23.1 Å². The second-order valence-corrected chi connectivity index (χ2v) is 8.34. The molecule has 7 heteroatoms. The number of anilines is 1. The lowest BCUT2D eigenvalue weighted by atomic mass is 10.2. The van der Waals surface area contributed by atoms with Crippen LogP contribution in [-0.4, -0.2) is 57.5 Å². The molecule has 0 aromatic heterocycles. The van der Waals surface area contributed by atoms with E-state index in [0.29, 0.717) is 11.4 Å². The highest BCUT2D eigenvalue weighted by Gasteiger charge is 2.18. The van der Waals surface area contributed by atoms with Gasteiger partial charge in [0.05, 0.1) is 4.90 Å². The van der Waals surface area contributed by atoms with Gasteiger partial charge < -0.3 is 10.2 Å². The van der Waals surface area contributed by atoms with E-state index >= 15 is 0 Å². The molecule has 1 aromatic rings. The van der Waals surface area contributed by atoms with E-state index in [0.717, 1.165) is 49.8 Å². The third-order valence-electron chi connectivity index (χ3n) is 3.93. The van der Waals surface area contributed by atoms with E-state index in [2.05, 4.69) is 14.9 Å². The van der Waals surface area contributed by atoms with Crippen molar-refractivity contribution in [2.24, 2.45) is 0 Å². The first-order valence-corrected chi connectivity index (χ1v) is 9.95. The fourth-order valence-corrected chi connectivity index (χ4v) is 4.71. The fraction of sp³-hybridized carbons (Fsp3) is 0.571. The van der Waals surface area contributed by atoms with Crippen molar-refractivity contribution in [1.82, 2.24) is 9.62 Å². The van der Waals surface area contributed by atoms with Gasteiger partial charge in [-0.1, -0.05) is 6.07 Å². The predicted octanol–water partition coefficient (Wildman–Crippen LogP) is 0.982. The van der Waals surface area contributed by atoms with Crippen LogP contribution in [0, 0.1) is 0 Å². The van der Waals surface area contributed by atoms with E-state index in [1.54, 1.807) is 12.1 Å². The largest absolute Gasteiger partial charge is 0.384 e. The summed E-state index contributed by atoms with van der Waals surface area (Å²) in [7, 11) is -3.40. The lowest BCUT2D eigenvalue weighted by molar-refractivity contribution is 0.307. The van der Waals surface area contributed by atoms with Crippen LogP contribution in [-0.2, 0) is 16.4 Å². The highest BCUT2D eigenvalue weighted by Crippen LogP contribution is 2.25. The zero-order valence-corrected chi connectivity index (χ0v) is 13.6. The van der Waals surface area contributed by atoms with Crippen molar-refractivity contribution in [3.8, 4) is 0 Å². The van der Waals surface area contributed by atoms with Crippen LogP contribution < -0.4 is 10.0 Å². The predicted molar refractivity (Wildman–Crippen MR) is 87.6 cm³/mol. The molecule has 1 saturated heterocycles. The summed E-state index contributed by atoms with van der Waals surface area (Å²) in [5.74, 6) is 2.28. The quantitative estimate of drug-likeness (QED) is 0.844. The summed E-state index contributed by atoms with van der Waals surface area (Å²) in [6, 6.07) is 5.35. The van der Waals surface area contributed by atoms with Crippen LogP contribution >= 0.6 is 11.8 Å². The van der Waals surface area contributed by atoms with Crippen LogP contribution in [0.5, 0.6) is 0 Å². The molecule has 2 aliphatic rings. The number of nitrogens with zero attached hydrogens (tertiary/aromatic N) is 1. The SMILES string of the molecule is O=S(=O)(NCCN1CCSCC1)c1ccc2c(c1)NCC2. The number of nitrogens with one attached hydrogen (secondary N) is 2. The van der Waals surface area contributed by atoms with Crippen molar-refractivity contribution in [1.29, 1.82) is 0 Å². The standard InChI is InChI=1S/C14H21N3O2S2/c18-21(19,16-5-6-17-7-9-20-10-8-17)13-2-1-12-3-4-15-14(12)11-13/h1-2,11,15-16H,3-10H2. The summed E-state index contributed by atoms with van der Waals surface area (Å²) in [6.45, 7) is 4.24. The maximum absolute atomic E-state index is 12.3. The van der Waals surface area contributed by atoms with Crippen molar-refractivity contribution < 1.29 is 8.42 Å². The molecule has 2 N–H and O–H groups in total. The van der Waals surface area contributed by atoms with Gasteiger partial charge in [0.2, 0.25) is 10.0 Å². The van der Waals surface area contributed by atoms with Gasteiger partial charge >= 0.3 is 0 Å². The lowest BCUT2D eigenvalue weighted by Gasteiger charge is -2.25. The minimum atomic E-state index is -3.40. The van der Waals surface area contributed by atoms with Crippen LogP contribution in [0.25, 0.3) is 0 Å². The Morgan fingerprint density at radius 2 is 2.10 bits per heavy atom. The number of rotatable bonds is 5. The van der Waals surface area contributed by atoms with E-state index in [4.69, 9.17) is 0 Å². The van der Waals surface area contributed by atoms with E-state index in [1.807, 2.05) is 17.8 Å². The Morgan fingerprint density at radius 3 is 2.90 bits per heavy atom. The van der Waals surface area contributed by atoms with Crippen LogP contribution in [0.4, 0.5) is 5.69 Å². The first-order chi connectivity index (χ1) is 10.1.